The van der Waals surface area contributed by atoms with Crippen molar-refractivity contribution in [1.82, 2.24) is 19.1 Å². The Morgan fingerprint density at radius 1 is 0.450 bits per heavy atom. The van der Waals surface area contributed by atoms with E-state index in [0.717, 1.165) is 101 Å². The van der Waals surface area contributed by atoms with Gasteiger partial charge in [-0.2, -0.15) is 12.1 Å². The fourth-order valence-corrected chi connectivity index (χ4v) is 12.4. The van der Waals surface area contributed by atoms with Gasteiger partial charge in [0.1, 0.15) is 5.82 Å². The Bertz CT molecular complexity index is 4700. The summed E-state index contributed by atoms with van der Waals surface area (Å²) in [5, 5.41) is 4.61. The van der Waals surface area contributed by atoms with Crippen molar-refractivity contribution in [2.45, 2.75) is 6.92 Å². The maximum absolute atomic E-state index is 6.92. The number of ether oxygens (including phenoxy) is 1. The second-order valence-electron chi connectivity index (χ2n) is 20.2. The van der Waals surface area contributed by atoms with Gasteiger partial charge in [0.2, 0.25) is 0 Å². The zero-order valence-electron chi connectivity index (χ0n) is 43.2. The van der Waals surface area contributed by atoms with Gasteiger partial charge in [-0.15, -0.1) is 48.1 Å². The summed E-state index contributed by atoms with van der Waals surface area (Å²) in [4.78, 5) is 14.4. The van der Waals surface area contributed by atoms with Gasteiger partial charge in [0.25, 0.3) is 0 Å². The first kappa shape index (κ1) is 47.4. The van der Waals surface area contributed by atoms with Gasteiger partial charge in [0, 0.05) is 106 Å². The smallest absolute Gasteiger partial charge is 0.135 e. The van der Waals surface area contributed by atoms with Crippen molar-refractivity contribution in [1.29, 1.82) is 0 Å². The zero-order valence-corrected chi connectivity index (χ0v) is 45.4. The molecule has 0 unspecified atom stereocenters. The van der Waals surface area contributed by atoms with E-state index in [0.29, 0.717) is 11.5 Å². The number of aromatic nitrogens is 4. The summed E-state index contributed by atoms with van der Waals surface area (Å²) in [5.74, 6) is 1.89. The fraction of sp³-hybridized carbons (Fsp3) is 0.0139. The quantitative estimate of drug-likeness (QED) is 0.142. The van der Waals surface area contributed by atoms with Crippen molar-refractivity contribution in [2.24, 2.45) is 0 Å². The number of hydrogen-bond donors (Lipinski definition) is 0. The molecule has 0 spiro atoms. The van der Waals surface area contributed by atoms with Gasteiger partial charge in [0.15, 0.2) is 0 Å². The van der Waals surface area contributed by atoms with Crippen LogP contribution in [-0.2, 0) is 21.1 Å². The summed E-state index contributed by atoms with van der Waals surface area (Å²) < 4.78 is 11.7. The molecule has 6 heterocycles. The Morgan fingerprint density at radius 3 is 1.88 bits per heavy atom. The van der Waals surface area contributed by atoms with Crippen LogP contribution in [0.2, 0.25) is 0 Å². The van der Waals surface area contributed by atoms with Gasteiger partial charge in [-0.1, -0.05) is 163 Å². The van der Waals surface area contributed by atoms with Crippen LogP contribution in [0.3, 0.4) is 0 Å². The van der Waals surface area contributed by atoms with Gasteiger partial charge >= 0.3 is 0 Å². The average molecular weight is 1210 g/mol. The Labute approximate surface area is 477 Å². The second-order valence-corrected chi connectivity index (χ2v) is 20.2. The molecule has 0 radical (unpaired) electrons. The molecule has 0 N–H and O–H groups in total. The summed E-state index contributed by atoms with van der Waals surface area (Å²) in [5.41, 5.74) is 21.6. The van der Waals surface area contributed by atoms with Crippen LogP contribution in [0.15, 0.2) is 249 Å². The van der Waals surface area contributed by atoms with Crippen molar-refractivity contribution < 1.29 is 25.8 Å². The number of nitrogens with zero attached hydrogens (tertiary/aromatic N) is 6. The summed E-state index contributed by atoms with van der Waals surface area (Å²) in [6.45, 7) is 4.31. The maximum atomic E-state index is 6.92. The molecule has 7 nitrogen and oxygen atoms in total. The predicted octanol–water partition coefficient (Wildman–Crippen LogP) is 18.4. The van der Waals surface area contributed by atoms with Crippen molar-refractivity contribution in [3.05, 3.63) is 273 Å². The molecule has 0 fully saturated rings. The van der Waals surface area contributed by atoms with Gasteiger partial charge in [0.05, 0.1) is 22.4 Å². The molecule has 16 rings (SSSR count). The third-order valence-electron chi connectivity index (χ3n) is 15.8. The van der Waals surface area contributed by atoms with Crippen LogP contribution in [0.25, 0.3) is 111 Å². The Balaban J connectivity index is 0.00000552. The molecular weight excluding hydrogens is 1160 g/mol. The van der Waals surface area contributed by atoms with E-state index in [-0.39, 0.29) is 21.1 Å². The monoisotopic (exact) mass is 1200 g/mol. The number of fused-ring (bicyclic) bond motifs is 13. The largest absolute Gasteiger partial charge is 0.509 e. The van der Waals surface area contributed by atoms with E-state index >= 15 is 0 Å². The SMILES string of the molecule is Cc1cc(-n2c3[c-]c(Oc4[c-]c(N5[CH-]N(c6c(-c7ccccc7)cccc6-c6ccccc6)c6ccccc65)ccc4)ccc3c3c4c(ccc32)-n2c3ccccc3c3cccc(c32)-c2ccccc2-4)ncc1-c1ccccn1.[Pt]. The molecule has 4 aromatic heterocycles. The summed E-state index contributed by atoms with van der Waals surface area (Å²) >= 11 is 0. The number of aryl methyl sites for hydroxylation is 1. The normalized spacial score (nSPS) is 12.4. The second kappa shape index (κ2) is 19.0. The Morgan fingerprint density at radius 2 is 1.10 bits per heavy atom. The summed E-state index contributed by atoms with van der Waals surface area (Å²) in [6.07, 6.45) is 3.77. The van der Waals surface area contributed by atoms with E-state index in [1.165, 1.54) is 38.5 Å². The molecule has 0 amide bonds. The fourth-order valence-electron chi connectivity index (χ4n) is 12.4. The van der Waals surface area contributed by atoms with Crippen LogP contribution in [0, 0.1) is 25.7 Å². The van der Waals surface area contributed by atoms with Crippen LogP contribution in [-0.4, -0.2) is 19.1 Å². The number of anilines is 4. The Hall–Kier alpha value is -9.81. The van der Waals surface area contributed by atoms with Gasteiger partial charge in [-0.05, 0) is 88.7 Å². The molecule has 0 aliphatic carbocycles. The van der Waals surface area contributed by atoms with Crippen LogP contribution >= 0.6 is 0 Å². The minimum atomic E-state index is 0. The summed E-state index contributed by atoms with van der Waals surface area (Å²) in [7, 11) is 0. The average Bonchev–Trinajstić information content (AvgIpc) is 4.25. The first-order chi connectivity index (χ1) is 39.1. The van der Waals surface area contributed by atoms with Gasteiger partial charge < -0.3 is 23.7 Å². The minimum Gasteiger partial charge on any atom is -0.509 e. The van der Waals surface area contributed by atoms with Crippen LogP contribution < -0.4 is 14.5 Å². The molecule has 2 aliphatic rings. The molecule has 0 saturated carbocycles. The molecule has 0 atom stereocenters. The third kappa shape index (κ3) is 7.38. The van der Waals surface area contributed by atoms with E-state index in [9.17, 15) is 0 Å². The van der Waals surface area contributed by atoms with E-state index in [1.54, 1.807) is 0 Å². The minimum absolute atomic E-state index is 0. The molecule has 80 heavy (non-hydrogen) atoms. The van der Waals surface area contributed by atoms with Crippen molar-refractivity contribution >= 4 is 66.4 Å². The van der Waals surface area contributed by atoms with Crippen LogP contribution in [0.4, 0.5) is 22.7 Å². The van der Waals surface area contributed by atoms with Crippen molar-refractivity contribution in [3.8, 4) is 78.8 Å². The molecule has 0 saturated heterocycles. The standard InChI is InChI=1S/C72H45N6O.Pt/c1-46-41-68(74-44-60(46)61-32-14-15-40-73-61)77-65-38-39-66-69(56-27-9-8-25-54(56)57-30-18-31-58-55-26-10-11-33-62(55)78(66)72(57)58)70(65)59-37-36-51(43-67(59)77)79-50-24-16-23-49(42-50)75-45-76(64-35-13-12-34-63(64)75)71-52(47-19-4-2-5-20-47)28-17-29-53(71)48-21-6-3-7-22-48;/h2-41,44-45H,1H3;/q-3;. The first-order valence-corrected chi connectivity index (χ1v) is 26.6. The topological polar surface area (TPSA) is 51.4 Å². The van der Waals surface area contributed by atoms with Crippen molar-refractivity contribution in [2.75, 3.05) is 9.80 Å². The van der Waals surface area contributed by atoms with Crippen LogP contribution in [0.5, 0.6) is 11.5 Å². The molecule has 14 aromatic rings. The van der Waals surface area contributed by atoms with Gasteiger partial charge in [-0.3, -0.25) is 4.98 Å². The third-order valence-corrected chi connectivity index (χ3v) is 15.8. The van der Waals surface area contributed by atoms with E-state index in [4.69, 9.17) is 9.72 Å². The summed E-state index contributed by atoms with van der Waals surface area (Å²) in [6, 6.07) is 91.3. The van der Waals surface area contributed by atoms with E-state index in [2.05, 4.69) is 250 Å². The maximum Gasteiger partial charge on any atom is 0.135 e. The first-order valence-electron chi connectivity index (χ1n) is 26.6. The van der Waals surface area contributed by atoms with Crippen LogP contribution in [0.1, 0.15) is 5.56 Å². The van der Waals surface area contributed by atoms with E-state index in [1.807, 2.05) is 48.8 Å². The number of rotatable bonds is 8. The Kier molecular flexibility index (Phi) is 11.2. The van der Waals surface area contributed by atoms with Gasteiger partial charge in [-0.25, -0.2) is 4.98 Å². The number of hydrogen-bond acceptors (Lipinski definition) is 5. The predicted molar refractivity (Wildman–Crippen MR) is 322 cm³/mol. The van der Waals surface area contributed by atoms with E-state index < -0.39 is 0 Å². The zero-order chi connectivity index (χ0) is 52.1. The molecule has 0 bridgehead atoms. The molecule has 2 aliphatic heterocycles. The molecule has 8 heteroatoms. The number of pyridine rings is 2. The number of para-hydroxylation sites is 5. The number of benzene rings is 10. The van der Waals surface area contributed by atoms with Crippen molar-refractivity contribution in [3.63, 3.8) is 0 Å². The molecule has 10 aromatic carbocycles. The molecular formula is C72H45N6OPt-3. The molecule has 382 valence electrons.